The topological polar surface area (TPSA) is 193 Å². The van der Waals surface area contributed by atoms with Crippen molar-refractivity contribution in [1.82, 2.24) is 9.55 Å². The van der Waals surface area contributed by atoms with Crippen LogP contribution in [0.3, 0.4) is 0 Å². The van der Waals surface area contributed by atoms with Crippen LogP contribution in [0.2, 0.25) is 0 Å². The van der Waals surface area contributed by atoms with Crippen LogP contribution in [-0.2, 0) is 18.6 Å². The third kappa shape index (κ3) is 14.8. The Bertz CT molecular complexity index is 1000. The molecular weight excluding hydrogens is 593 g/mol. The third-order valence-electron chi connectivity index (χ3n) is 7.82. The highest BCUT2D eigenvalue weighted by molar-refractivity contribution is 7.54. The predicted octanol–water partition coefficient (Wildman–Crippen LogP) is 4.02. The molecule has 0 aliphatic carbocycles. The first-order valence-corrected chi connectivity index (χ1v) is 18.0. The van der Waals surface area contributed by atoms with Crippen LogP contribution in [0, 0.1) is 0 Å². The van der Waals surface area contributed by atoms with Crippen LogP contribution in [0.5, 0.6) is 0 Å². The van der Waals surface area contributed by atoms with Crippen molar-refractivity contribution >= 4 is 13.6 Å². The van der Waals surface area contributed by atoms with Crippen molar-refractivity contribution in [3.8, 4) is 0 Å². The van der Waals surface area contributed by atoms with Gasteiger partial charge in [0.2, 0.25) is 0 Å². The Morgan fingerprint density at radius 2 is 1.48 bits per heavy atom. The van der Waals surface area contributed by atoms with E-state index >= 15 is 0 Å². The Morgan fingerprint density at radius 3 is 1.95 bits per heavy atom. The van der Waals surface area contributed by atoms with Gasteiger partial charge in [-0.1, -0.05) is 103 Å². The summed E-state index contributed by atoms with van der Waals surface area (Å²) in [7, 11) is -4.53. The fraction of sp³-hybridized carbons (Fsp3) is 0.867. The summed E-state index contributed by atoms with van der Waals surface area (Å²) in [4.78, 5) is 26.3. The van der Waals surface area contributed by atoms with Gasteiger partial charge in [-0.15, -0.1) is 0 Å². The molecule has 2 heterocycles. The van der Waals surface area contributed by atoms with Crippen LogP contribution in [0.25, 0.3) is 0 Å². The molecule has 256 valence electrons. The van der Waals surface area contributed by atoms with Gasteiger partial charge in [0, 0.05) is 12.8 Å². The van der Waals surface area contributed by atoms with E-state index in [1.54, 1.807) is 0 Å². The van der Waals surface area contributed by atoms with Crippen LogP contribution in [0.15, 0.2) is 17.1 Å². The summed E-state index contributed by atoms with van der Waals surface area (Å²) in [5, 5.41) is 40.9. The van der Waals surface area contributed by atoms with Gasteiger partial charge >= 0.3 is 13.4 Å². The second-order valence-corrected chi connectivity index (χ2v) is 13.1. The SMILES string of the molecule is CCCCCCCCCCCCCCCCCCOC[C@H](CO)OP(=O)(O)Nc1ccn(C2O[C@H](CO)[C@@H](O)[C@@H]2O)c(=O)n1. The number of aliphatic hydroxyl groups is 4. The van der Waals surface area contributed by atoms with Gasteiger partial charge < -0.3 is 34.8 Å². The number of hydrogen-bond acceptors (Lipinski definition) is 10. The normalized spacial score (nSPS) is 22.2. The molecule has 6 N–H and O–H groups in total. The molecule has 1 aliphatic heterocycles. The van der Waals surface area contributed by atoms with E-state index in [-0.39, 0.29) is 12.4 Å². The number of nitrogens with zero attached hydrogens (tertiary/aromatic N) is 2. The van der Waals surface area contributed by atoms with Crippen molar-refractivity contribution in [2.75, 3.05) is 31.5 Å². The molecule has 0 bridgehead atoms. The molecule has 44 heavy (non-hydrogen) atoms. The van der Waals surface area contributed by atoms with Crippen molar-refractivity contribution in [2.24, 2.45) is 0 Å². The highest BCUT2D eigenvalue weighted by atomic mass is 31.2. The number of aliphatic hydroxyl groups excluding tert-OH is 4. The number of aromatic nitrogens is 2. The van der Waals surface area contributed by atoms with Crippen LogP contribution in [-0.4, -0.2) is 85.7 Å². The van der Waals surface area contributed by atoms with Crippen LogP contribution in [0.4, 0.5) is 5.82 Å². The molecule has 0 amide bonds. The maximum atomic E-state index is 12.6. The molecule has 0 spiro atoms. The van der Waals surface area contributed by atoms with Crippen LogP contribution >= 0.6 is 7.75 Å². The third-order valence-corrected chi connectivity index (χ3v) is 8.91. The quantitative estimate of drug-likeness (QED) is 0.0625. The second kappa shape index (κ2) is 22.2. The fourth-order valence-electron chi connectivity index (χ4n) is 5.24. The van der Waals surface area contributed by atoms with Crippen LogP contribution in [0.1, 0.15) is 116 Å². The largest absolute Gasteiger partial charge is 0.431 e. The highest BCUT2D eigenvalue weighted by Gasteiger charge is 2.43. The van der Waals surface area contributed by atoms with E-state index in [1.807, 2.05) is 0 Å². The Balaban J connectivity index is 1.55. The Kier molecular flexibility index (Phi) is 19.5. The van der Waals surface area contributed by atoms with E-state index in [9.17, 15) is 34.7 Å². The maximum absolute atomic E-state index is 12.6. The lowest BCUT2D eigenvalue weighted by Gasteiger charge is -2.21. The monoisotopic (exact) mass is 649 g/mol. The molecule has 0 radical (unpaired) electrons. The summed E-state index contributed by atoms with van der Waals surface area (Å²) in [6.45, 7) is 1.51. The first-order valence-electron chi connectivity index (χ1n) is 16.4. The molecule has 2 rings (SSSR count). The van der Waals surface area contributed by atoms with Gasteiger partial charge in [-0.25, -0.2) is 9.36 Å². The number of anilines is 1. The van der Waals surface area contributed by atoms with Crippen molar-refractivity contribution < 1.29 is 43.9 Å². The summed E-state index contributed by atoms with van der Waals surface area (Å²) in [5.74, 6) is -0.283. The van der Waals surface area contributed by atoms with Crippen molar-refractivity contribution in [1.29, 1.82) is 0 Å². The lowest BCUT2D eigenvalue weighted by molar-refractivity contribution is -0.0549. The van der Waals surface area contributed by atoms with Gasteiger partial charge in [0.1, 0.15) is 30.2 Å². The molecule has 0 saturated carbocycles. The van der Waals surface area contributed by atoms with E-state index in [0.29, 0.717) is 6.61 Å². The summed E-state index contributed by atoms with van der Waals surface area (Å²) >= 11 is 0. The van der Waals surface area contributed by atoms with Crippen LogP contribution < -0.4 is 10.8 Å². The molecule has 1 aromatic rings. The smallest absolute Gasteiger partial charge is 0.394 e. The standard InChI is InChI=1S/C30H56N3O10P/c1-2-3-4-5-6-7-8-9-10-11-12-13-14-15-16-17-20-41-23-24(21-34)43-44(39,40)32-26-18-19-33(30(38)31-26)29-28(37)27(36)25(22-35)42-29/h18-19,24-25,27-29,34-37H,2-17,20-23H2,1H3,(H2,31,32,38,39,40)/t24-,25+,27+,28-,29?/m0/s1. The van der Waals surface area contributed by atoms with Gasteiger partial charge in [0.05, 0.1) is 19.8 Å². The molecule has 6 atom stereocenters. The average molecular weight is 650 g/mol. The molecule has 1 fully saturated rings. The molecule has 1 aliphatic rings. The predicted molar refractivity (Wildman–Crippen MR) is 167 cm³/mol. The van der Waals surface area contributed by atoms with Crippen molar-refractivity contribution in [3.63, 3.8) is 0 Å². The van der Waals surface area contributed by atoms with E-state index in [0.717, 1.165) is 30.0 Å². The molecule has 13 nitrogen and oxygen atoms in total. The van der Waals surface area contributed by atoms with Gasteiger partial charge in [0.15, 0.2) is 6.23 Å². The summed E-state index contributed by atoms with van der Waals surface area (Å²) < 4.78 is 29.4. The molecule has 2 unspecified atom stereocenters. The number of nitrogens with one attached hydrogen (secondary N) is 1. The average Bonchev–Trinajstić information content (AvgIpc) is 3.28. The van der Waals surface area contributed by atoms with Gasteiger partial charge in [-0.05, 0) is 12.5 Å². The summed E-state index contributed by atoms with van der Waals surface area (Å²) in [6, 6.07) is 1.18. The van der Waals surface area contributed by atoms with Gasteiger partial charge in [-0.2, -0.15) is 4.98 Å². The Labute approximate surface area is 261 Å². The number of ether oxygens (including phenoxy) is 2. The zero-order valence-electron chi connectivity index (χ0n) is 26.3. The lowest BCUT2D eigenvalue weighted by atomic mass is 10.0. The molecular formula is C30H56N3O10P. The molecule has 1 aromatic heterocycles. The second-order valence-electron chi connectivity index (χ2n) is 11.7. The molecule has 14 heteroatoms. The summed E-state index contributed by atoms with van der Waals surface area (Å²) in [6.07, 6.45) is 15.2. The van der Waals surface area contributed by atoms with Crippen molar-refractivity contribution in [2.45, 2.75) is 140 Å². The van der Waals surface area contributed by atoms with E-state index in [2.05, 4.69) is 17.0 Å². The van der Waals surface area contributed by atoms with Crippen molar-refractivity contribution in [3.05, 3.63) is 22.7 Å². The lowest BCUT2D eigenvalue weighted by Crippen LogP contribution is -2.36. The minimum Gasteiger partial charge on any atom is -0.394 e. The highest BCUT2D eigenvalue weighted by Crippen LogP contribution is 2.42. The van der Waals surface area contributed by atoms with Gasteiger partial charge in [0.25, 0.3) is 0 Å². The number of rotatable bonds is 26. The zero-order chi connectivity index (χ0) is 32.2. The Morgan fingerprint density at radius 1 is 0.932 bits per heavy atom. The maximum Gasteiger partial charge on any atom is 0.431 e. The molecule has 0 aromatic carbocycles. The minimum absolute atomic E-state index is 0.0816. The van der Waals surface area contributed by atoms with E-state index in [4.69, 9.17) is 14.0 Å². The minimum atomic E-state index is -4.53. The first-order chi connectivity index (χ1) is 21.2. The molecule has 1 saturated heterocycles. The number of hydrogen-bond donors (Lipinski definition) is 6. The fourth-order valence-corrected chi connectivity index (χ4v) is 6.23. The summed E-state index contributed by atoms with van der Waals surface area (Å²) in [5.41, 5.74) is -0.939. The van der Waals surface area contributed by atoms with Gasteiger partial charge in [-0.3, -0.25) is 14.2 Å². The first kappa shape index (κ1) is 38.8. The Hall–Kier alpha value is -1.41. The number of unbranched alkanes of at least 4 members (excludes halogenated alkanes) is 15. The van der Waals surface area contributed by atoms with E-state index < -0.39 is 57.3 Å². The van der Waals surface area contributed by atoms with E-state index in [1.165, 1.54) is 89.5 Å². The zero-order valence-corrected chi connectivity index (χ0v) is 27.2.